The van der Waals surface area contributed by atoms with Crippen LogP contribution in [0.1, 0.15) is 18.4 Å². The van der Waals surface area contributed by atoms with Gasteiger partial charge in [-0.15, -0.1) is 11.8 Å². The van der Waals surface area contributed by atoms with Crippen LogP contribution >= 0.6 is 11.8 Å². The molecular formula is C11H15NS. The van der Waals surface area contributed by atoms with Gasteiger partial charge in [-0.3, -0.25) is 0 Å². The molecule has 0 aliphatic carbocycles. The molecule has 2 heteroatoms. The Balaban J connectivity index is 2.23. The number of rotatable bonds is 1. The van der Waals surface area contributed by atoms with Crippen molar-refractivity contribution >= 4 is 17.4 Å². The van der Waals surface area contributed by atoms with Gasteiger partial charge in [0.15, 0.2) is 0 Å². The first-order valence-corrected chi connectivity index (χ1v) is 6.06. The fourth-order valence-corrected chi connectivity index (χ4v) is 2.43. The third-order valence-corrected chi connectivity index (χ3v) is 3.45. The molecule has 1 unspecified atom stereocenters. The molecule has 1 aromatic rings. The summed E-state index contributed by atoms with van der Waals surface area (Å²) < 4.78 is 0. The van der Waals surface area contributed by atoms with Crippen LogP contribution in [0.4, 0.5) is 5.69 Å². The van der Waals surface area contributed by atoms with Gasteiger partial charge in [-0.05, 0) is 37.1 Å². The van der Waals surface area contributed by atoms with Gasteiger partial charge in [0.1, 0.15) is 0 Å². The van der Waals surface area contributed by atoms with E-state index in [2.05, 4.69) is 35.8 Å². The molecule has 70 valence electrons. The van der Waals surface area contributed by atoms with Crippen molar-refractivity contribution in [2.75, 3.05) is 11.6 Å². The van der Waals surface area contributed by atoms with Crippen LogP contribution in [-0.4, -0.2) is 11.6 Å². The van der Waals surface area contributed by atoms with Gasteiger partial charge in [0.25, 0.3) is 0 Å². The van der Waals surface area contributed by atoms with Crippen LogP contribution in [0.25, 0.3) is 0 Å². The number of anilines is 1. The summed E-state index contributed by atoms with van der Waals surface area (Å²) in [6, 6.07) is 8.64. The minimum absolute atomic E-state index is 0.601. The highest BCUT2D eigenvalue weighted by molar-refractivity contribution is 7.99. The third-order valence-electron chi connectivity index (χ3n) is 2.53. The summed E-state index contributed by atoms with van der Waals surface area (Å²) in [6.45, 7) is 0. The SMILES string of the molecule is CSC1CCCc2ccccc2N1. The van der Waals surface area contributed by atoms with Gasteiger partial charge < -0.3 is 5.32 Å². The maximum Gasteiger partial charge on any atom is 0.0719 e. The predicted molar refractivity (Wildman–Crippen MR) is 60.3 cm³/mol. The molecule has 0 radical (unpaired) electrons. The number of hydrogen-bond acceptors (Lipinski definition) is 2. The summed E-state index contributed by atoms with van der Waals surface area (Å²) in [5.41, 5.74) is 2.80. The van der Waals surface area contributed by atoms with Crippen molar-refractivity contribution < 1.29 is 0 Å². The van der Waals surface area contributed by atoms with E-state index in [1.54, 1.807) is 0 Å². The fourth-order valence-electron chi connectivity index (χ4n) is 1.78. The Hall–Kier alpha value is -0.630. The number of thioether (sulfide) groups is 1. The van der Waals surface area contributed by atoms with Crippen LogP contribution in [0, 0.1) is 0 Å². The van der Waals surface area contributed by atoms with Crippen molar-refractivity contribution in [3.05, 3.63) is 29.8 Å². The number of hydrogen-bond donors (Lipinski definition) is 1. The zero-order chi connectivity index (χ0) is 9.10. The minimum atomic E-state index is 0.601. The lowest BCUT2D eigenvalue weighted by atomic mass is 10.1. The van der Waals surface area contributed by atoms with E-state index in [0.29, 0.717) is 5.37 Å². The first-order valence-electron chi connectivity index (χ1n) is 4.77. The highest BCUT2D eigenvalue weighted by Crippen LogP contribution is 2.26. The molecule has 1 aromatic carbocycles. The fraction of sp³-hybridized carbons (Fsp3) is 0.455. The van der Waals surface area contributed by atoms with Crippen molar-refractivity contribution in [2.24, 2.45) is 0 Å². The number of benzene rings is 1. The molecule has 1 aliphatic heterocycles. The van der Waals surface area contributed by atoms with Crippen LogP contribution in [0.5, 0.6) is 0 Å². The highest BCUT2D eigenvalue weighted by Gasteiger charge is 2.13. The van der Waals surface area contributed by atoms with E-state index in [0.717, 1.165) is 0 Å². The third kappa shape index (κ3) is 1.99. The molecule has 1 N–H and O–H groups in total. The Morgan fingerprint density at radius 2 is 2.23 bits per heavy atom. The lowest BCUT2D eigenvalue weighted by molar-refractivity contribution is 0.759. The highest BCUT2D eigenvalue weighted by atomic mass is 32.2. The molecule has 0 saturated carbocycles. The molecule has 0 saturated heterocycles. The molecule has 13 heavy (non-hydrogen) atoms. The van der Waals surface area contributed by atoms with Crippen LogP contribution < -0.4 is 5.32 Å². The monoisotopic (exact) mass is 193 g/mol. The van der Waals surface area contributed by atoms with Crippen molar-refractivity contribution in [2.45, 2.75) is 24.6 Å². The molecule has 1 nitrogen and oxygen atoms in total. The molecule has 2 rings (SSSR count). The second-order valence-electron chi connectivity index (χ2n) is 3.42. The van der Waals surface area contributed by atoms with Crippen molar-refractivity contribution in [3.63, 3.8) is 0 Å². The second-order valence-corrected chi connectivity index (χ2v) is 4.46. The summed E-state index contributed by atoms with van der Waals surface area (Å²) in [7, 11) is 0. The van der Waals surface area contributed by atoms with E-state index in [4.69, 9.17) is 0 Å². The quantitative estimate of drug-likeness (QED) is 0.735. The van der Waals surface area contributed by atoms with E-state index < -0.39 is 0 Å². The van der Waals surface area contributed by atoms with Crippen LogP contribution in [0.3, 0.4) is 0 Å². The average Bonchev–Trinajstić information content (AvgIpc) is 2.38. The van der Waals surface area contributed by atoms with Crippen LogP contribution in [-0.2, 0) is 6.42 Å². The zero-order valence-corrected chi connectivity index (χ0v) is 8.73. The number of nitrogens with one attached hydrogen (secondary N) is 1. The normalized spacial score (nSPS) is 21.5. The minimum Gasteiger partial charge on any atom is -0.373 e. The lowest BCUT2D eigenvalue weighted by Crippen LogP contribution is -2.13. The first-order chi connectivity index (χ1) is 6.40. The summed E-state index contributed by atoms with van der Waals surface area (Å²) in [4.78, 5) is 0. The topological polar surface area (TPSA) is 12.0 Å². The summed E-state index contributed by atoms with van der Waals surface area (Å²) in [5.74, 6) is 0. The van der Waals surface area contributed by atoms with E-state index in [-0.39, 0.29) is 0 Å². The molecule has 0 aromatic heterocycles. The van der Waals surface area contributed by atoms with Gasteiger partial charge in [0.05, 0.1) is 5.37 Å². The molecule has 0 amide bonds. The Morgan fingerprint density at radius 3 is 3.08 bits per heavy atom. The molecule has 1 heterocycles. The summed E-state index contributed by atoms with van der Waals surface area (Å²) >= 11 is 1.91. The van der Waals surface area contributed by atoms with Crippen LogP contribution in [0.2, 0.25) is 0 Å². The maximum atomic E-state index is 3.57. The predicted octanol–water partition coefficient (Wildman–Crippen LogP) is 3.12. The van der Waals surface area contributed by atoms with E-state index in [9.17, 15) is 0 Å². The maximum absolute atomic E-state index is 3.57. The van der Waals surface area contributed by atoms with Gasteiger partial charge in [-0.25, -0.2) is 0 Å². The average molecular weight is 193 g/mol. The Morgan fingerprint density at radius 1 is 1.38 bits per heavy atom. The smallest absolute Gasteiger partial charge is 0.0719 e. The molecule has 1 aliphatic rings. The second kappa shape index (κ2) is 4.05. The van der Waals surface area contributed by atoms with Gasteiger partial charge in [0, 0.05) is 5.69 Å². The van der Waals surface area contributed by atoms with Crippen LogP contribution in [0.15, 0.2) is 24.3 Å². The molecule has 0 bridgehead atoms. The van der Waals surface area contributed by atoms with Gasteiger partial charge >= 0.3 is 0 Å². The number of fused-ring (bicyclic) bond motifs is 1. The lowest BCUT2D eigenvalue weighted by Gasteiger charge is -2.14. The van der Waals surface area contributed by atoms with Gasteiger partial charge in [0.2, 0.25) is 0 Å². The van der Waals surface area contributed by atoms with Gasteiger partial charge in [-0.2, -0.15) is 0 Å². The number of para-hydroxylation sites is 1. The zero-order valence-electron chi connectivity index (χ0n) is 7.92. The van der Waals surface area contributed by atoms with Gasteiger partial charge in [-0.1, -0.05) is 18.2 Å². The Labute approximate surface area is 83.9 Å². The molecule has 0 fully saturated rings. The first kappa shape index (κ1) is 8.95. The summed E-state index contributed by atoms with van der Waals surface area (Å²) in [6.07, 6.45) is 5.97. The van der Waals surface area contributed by atoms with Crippen molar-refractivity contribution in [3.8, 4) is 0 Å². The summed E-state index contributed by atoms with van der Waals surface area (Å²) in [5, 5.41) is 4.17. The Kier molecular flexibility index (Phi) is 2.79. The molecular weight excluding hydrogens is 178 g/mol. The number of aryl methyl sites for hydroxylation is 1. The van der Waals surface area contributed by atoms with E-state index in [1.165, 1.54) is 30.5 Å². The van der Waals surface area contributed by atoms with E-state index in [1.807, 2.05) is 11.8 Å². The standard InChI is InChI=1S/C11H15NS/c1-13-11-8-4-6-9-5-2-3-7-10(9)12-11/h2-3,5,7,11-12H,4,6,8H2,1H3. The van der Waals surface area contributed by atoms with E-state index >= 15 is 0 Å². The Bertz CT molecular complexity index is 285. The molecule has 1 atom stereocenters. The van der Waals surface area contributed by atoms with Crippen molar-refractivity contribution in [1.82, 2.24) is 0 Å². The largest absolute Gasteiger partial charge is 0.373 e. The van der Waals surface area contributed by atoms with Crippen molar-refractivity contribution in [1.29, 1.82) is 0 Å². The molecule has 0 spiro atoms.